The number of hydrogen-bond donors (Lipinski definition) is 1. The summed E-state index contributed by atoms with van der Waals surface area (Å²) < 4.78 is 14.4. The van der Waals surface area contributed by atoms with Crippen LogP contribution in [0, 0.1) is 5.82 Å². The average molecular weight is 290 g/mol. The number of fused-ring (bicyclic) bond motifs is 1. The molecule has 1 aromatic rings. The molecule has 21 heavy (non-hydrogen) atoms. The molecule has 1 aliphatic rings. The summed E-state index contributed by atoms with van der Waals surface area (Å²) in [6.07, 6.45) is 3.34. The summed E-state index contributed by atoms with van der Waals surface area (Å²) in [6, 6.07) is 3.73. The Morgan fingerprint density at radius 3 is 2.57 bits per heavy atom. The zero-order valence-electron chi connectivity index (χ0n) is 13.9. The van der Waals surface area contributed by atoms with Crippen molar-refractivity contribution in [2.24, 2.45) is 0 Å². The Kier molecular flexibility index (Phi) is 4.72. The first-order valence-corrected chi connectivity index (χ1v) is 7.91. The Balaban J connectivity index is 2.50. The number of anilines is 1. The lowest BCUT2D eigenvalue weighted by Crippen LogP contribution is -2.45. The molecule has 0 atom stereocenters. The van der Waals surface area contributed by atoms with Crippen molar-refractivity contribution >= 4 is 11.3 Å². The molecule has 3 heteroatoms. The van der Waals surface area contributed by atoms with Crippen molar-refractivity contribution in [1.29, 1.82) is 0 Å². The van der Waals surface area contributed by atoms with Gasteiger partial charge in [0, 0.05) is 29.9 Å². The standard InChI is InChI=1S/C18H27FN2/c1-6-8-21-17-10-16(19)14(12-20-7-2)9-15(17)13(3)11-18(21,4)5/h9-11,20H,6-8,12H2,1-5H3. The highest BCUT2D eigenvalue weighted by atomic mass is 19.1. The number of nitrogens with zero attached hydrogens (tertiary/aromatic N) is 1. The van der Waals surface area contributed by atoms with Gasteiger partial charge in [-0.15, -0.1) is 0 Å². The van der Waals surface area contributed by atoms with E-state index >= 15 is 0 Å². The van der Waals surface area contributed by atoms with Crippen LogP contribution in [0.25, 0.3) is 5.57 Å². The largest absolute Gasteiger partial charge is 0.362 e. The van der Waals surface area contributed by atoms with E-state index in [0.29, 0.717) is 6.54 Å². The number of benzene rings is 1. The summed E-state index contributed by atoms with van der Waals surface area (Å²) in [5, 5.41) is 3.21. The molecule has 1 aromatic carbocycles. The first kappa shape index (κ1) is 16.0. The fourth-order valence-corrected chi connectivity index (χ4v) is 3.17. The lowest BCUT2D eigenvalue weighted by atomic mass is 9.87. The van der Waals surface area contributed by atoms with E-state index in [1.54, 1.807) is 6.07 Å². The van der Waals surface area contributed by atoms with Gasteiger partial charge in [0.1, 0.15) is 5.82 Å². The van der Waals surface area contributed by atoms with Crippen LogP contribution in [0.3, 0.4) is 0 Å². The molecule has 0 bridgehead atoms. The molecule has 2 nitrogen and oxygen atoms in total. The van der Waals surface area contributed by atoms with Crippen molar-refractivity contribution in [1.82, 2.24) is 5.32 Å². The first-order valence-electron chi connectivity index (χ1n) is 7.91. The molecule has 0 spiro atoms. The molecule has 0 fully saturated rings. The molecule has 0 aromatic heterocycles. The van der Waals surface area contributed by atoms with Gasteiger partial charge >= 0.3 is 0 Å². The molecule has 0 saturated heterocycles. The highest BCUT2D eigenvalue weighted by molar-refractivity contribution is 5.81. The van der Waals surface area contributed by atoms with Gasteiger partial charge in [0.15, 0.2) is 0 Å². The monoisotopic (exact) mass is 290 g/mol. The lowest BCUT2D eigenvalue weighted by Gasteiger charge is -2.43. The van der Waals surface area contributed by atoms with Crippen LogP contribution in [-0.2, 0) is 6.54 Å². The van der Waals surface area contributed by atoms with Crippen molar-refractivity contribution in [3.05, 3.63) is 35.2 Å². The molecule has 0 saturated carbocycles. The summed E-state index contributed by atoms with van der Waals surface area (Å²) in [4.78, 5) is 2.31. The van der Waals surface area contributed by atoms with E-state index in [0.717, 1.165) is 36.3 Å². The lowest BCUT2D eigenvalue weighted by molar-refractivity contribution is 0.543. The molecule has 0 amide bonds. The van der Waals surface area contributed by atoms with E-state index in [-0.39, 0.29) is 11.4 Å². The van der Waals surface area contributed by atoms with E-state index in [9.17, 15) is 4.39 Å². The Morgan fingerprint density at radius 2 is 1.95 bits per heavy atom. The van der Waals surface area contributed by atoms with Gasteiger partial charge in [-0.25, -0.2) is 4.39 Å². The third-order valence-corrected chi connectivity index (χ3v) is 4.16. The van der Waals surface area contributed by atoms with Gasteiger partial charge in [-0.05, 0) is 51.4 Å². The van der Waals surface area contributed by atoms with Crippen LogP contribution in [0.4, 0.5) is 10.1 Å². The Labute approximate surface area is 128 Å². The fraction of sp³-hybridized carbons (Fsp3) is 0.556. The molecular formula is C18H27FN2. The molecule has 1 heterocycles. The van der Waals surface area contributed by atoms with E-state index in [1.807, 2.05) is 13.0 Å². The van der Waals surface area contributed by atoms with Gasteiger partial charge in [0.25, 0.3) is 0 Å². The highest BCUT2D eigenvalue weighted by Crippen LogP contribution is 2.40. The molecule has 0 unspecified atom stereocenters. The van der Waals surface area contributed by atoms with E-state index in [4.69, 9.17) is 0 Å². The predicted molar refractivity (Wildman–Crippen MR) is 89.1 cm³/mol. The second kappa shape index (κ2) is 6.18. The summed E-state index contributed by atoms with van der Waals surface area (Å²) in [5.41, 5.74) is 4.11. The van der Waals surface area contributed by atoms with Crippen molar-refractivity contribution in [2.45, 2.75) is 53.1 Å². The predicted octanol–water partition coefficient (Wildman–Crippen LogP) is 4.35. The summed E-state index contributed by atoms with van der Waals surface area (Å²) in [7, 11) is 0. The zero-order chi connectivity index (χ0) is 15.6. The van der Waals surface area contributed by atoms with Crippen LogP contribution in [0.2, 0.25) is 0 Å². The van der Waals surface area contributed by atoms with Crippen LogP contribution in [0.1, 0.15) is 52.2 Å². The zero-order valence-corrected chi connectivity index (χ0v) is 13.9. The minimum absolute atomic E-state index is 0.0667. The second-order valence-corrected chi connectivity index (χ2v) is 6.37. The highest BCUT2D eigenvalue weighted by Gasteiger charge is 2.31. The Hall–Kier alpha value is -1.35. The Morgan fingerprint density at radius 1 is 1.24 bits per heavy atom. The third-order valence-electron chi connectivity index (χ3n) is 4.16. The van der Waals surface area contributed by atoms with Gasteiger partial charge in [-0.3, -0.25) is 0 Å². The number of allylic oxidation sites excluding steroid dienone is 1. The van der Waals surface area contributed by atoms with Crippen molar-refractivity contribution in [3.8, 4) is 0 Å². The summed E-state index contributed by atoms with van der Waals surface area (Å²) in [5.74, 6) is -0.110. The van der Waals surface area contributed by atoms with Crippen LogP contribution in [-0.4, -0.2) is 18.6 Å². The van der Waals surface area contributed by atoms with E-state index in [2.05, 4.69) is 44.0 Å². The van der Waals surface area contributed by atoms with Gasteiger partial charge < -0.3 is 10.2 Å². The maximum atomic E-state index is 14.4. The maximum Gasteiger partial charge on any atom is 0.129 e. The van der Waals surface area contributed by atoms with E-state index in [1.165, 1.54) is 5.57 Å². The summed E-state index contributed by atoms with van der Waals surface area (Å²) >= 11 is 0. The number of rotatable bonds is 5. The smallest absolute Gasteiger partial charge is 0.129 e. The van der Waals surface area contributed by atoms with Crippen molar-refractivity contribution in [3.63, 3.8) is 0 Å². The van der Waals surface area contributed by atoms with Crippen LogP contribution < -0.4 is 10.2 Å². The van der Waals surface area contributed by atoms with Crippen molar-refractivity contribution in [2.75, 3.05) is 18.0 Å². The van der Waals surface area contributed by atoms with Gasteiger partial charge in [0.05, 0.1) is 5.54 Å². The molecule has 116 valence electrons. The fourth-order valence-electron chi connectivity index (χ4n) is 3.17. The number of hydrogen-bond acceptors (Lipinski definition) is 2. The minimum Gasteiger partial charge on any atom is -0.362 e. The molecule has 1 N–H and O–H groups in total. The van der Waals surface area contributed by atoms with Gasteiger partial charge in [-0.2, -0.15) is 0 Å². The molecule has 0 aliphatic carbocycles. The number of halogens is 1. The van der Waals surface area contributed by atoms with E-state index < -0.39 is 0 Å². The van der Waals surface area contributed by atoms with Crippen molar-refractivity contribution < 1.29 is 4.39 Å². The van der Waals surface area contributed by atoms with Crippen LogP contribution >= 0.6 is 0 Å². The minimum atomic E-state index is -0.110. The van der Waals surface area contributed by atoms with Gasteiger partial charge in [-0.1, -0.05) is 19.9 Å². The number of nitrogens with one attached hydrogen (secondary N) is 1. The molecule has 0 radical (unpaired) electrons. The maximum absolute atomic E-state index is 14.4. The van der Waals surface area contributed by atoms with Crippen LogP contribution in [0.15, 0.2) is 18.2 Å². The third kappa shape index (κ3) is 3.13. The molecule has 1 aliphatic heterocycles. The normalized spacial score (nSPS) is 16.7. The summed E-state index contributed by atoms with van der Waals surface area (Å²) in [6.45, 7) is 13.1. The SMILES string of the molecule is CCCN1c2cc(F)c(CNCC)cc2C(C)=CC1(C)C. The van der Waals surface area contributed by atoms with Crippen LogP contribution in [0.5, 0.6) is 0 Å². The topological polar surface area (TPSA) is 15.3 Å². The molecular weight excluding hydrogens is 263 g/mol. The Bertz CT molecular complexity index is 546. The second-order valence-electron chi connectivity index (χ2n) is 6.37. The average Bonchev–Trinajstić information content (AvgIpc) is 2.41. The molecule has 2 rings (SSSR count). The quantitative estimate of drug-likeness (QED) is 0.867. The first-order chi connectivity index (χ1) is 9.90. The van der Waals surface area contributed by atoms with Gasteiger partial charge in [0.2, 0.25) is 0 Å².